The largest absolute Gasteiger partial charge is 0.378 e. The number of anilines is 1. The van der Waals surface area contributed by atoms with Gasteiger partial charge in [0, 0.05) is 18.8 Å². The first-order valence-corrected chi connectivity index (χ1v) is 10.2. The van der Waals surface area contributed by atoms with Crippen molar-refractivity contribution in [2.24, 2.45) is 0 Å². The Balaban J connectivity index is 1.33. The fourth-order valence-electron chi connectivity index (χ4n) is 3.79. The topological polar surface area (TPSA) is 71.7 Å². The van der Waals surface area contributed by atoms with Crippen LogP contribution in [0.4, 0.5) is 5.69 Å². The Bertz CT molecular complexity index is 972. The second kappa shape index (κ2) is 7.46. The molecule has 1 saturated heterocycles. The molecule has 5 rings (SSSR count). The molecule has 1 fully saturated rings. The van der Waals surface area contributed by atoms with E-state index in [0.717, 1.165) is 23.5 Å². The molecule has 1 atom stereocenters. The quantitative estimate of drug-likeness (QED) is 0.675. The van der Waals surface area contributed by atoms with Gasteiger partial charge in [-0.25, -0.2) is 0 Å². The number of benzene rings is 1. The lowest BCUT2D eigenvalue weighted by atomic mass is 10.2. The third kappa shape index (κ3) is 3.23. The van der Waals surface area contributed by atoms with E-state index in [4.69, 9.17) is 9.26 Å². The summed E-state index contributed by atoms with van der Waals surface area (Å²) in [5.41, 5.74) is 2.25. The van der Waals surface area contributed by atoms with E-state index < -0.39 is 0 Å². The molecular weight excluding hydrogens is 376 g/mol. The molecule has 0 radical (unpaired) electrons. The van der Waals surface area contributed by atoms with Crippen molar-refractivity contribution in [3.63, 3.8) is 0 Å². The molecule has 4 heterocycles. The molecule has 7 nitrogen and oxygen atoms in total. The summed E-state index contributed by atoms with van der Waals surface area (Å²) in [5, 5.41) is 6.08. The normalized spacial score (nSPS) is 19.7. The van der Waals surface area contributed by atoms with E-state index in [-0.39, 0.29) is 11.9 Å². The molecule has 0 spiro atoms. The Morgan fingerprint density at radius 3 is 3.04 bits per heavy atom. The second-order valence-electron chi connectivity index (χ2n) is 6.92. The van der Waals surface area contributed by atoms with Gasteiger partial charge < -0.3 is 14.2 Å². The first-order chi connectivity index (χ1) is 13.8. The number of aromatic nitrogens is 2. The van der Waals surface area contributed by atoms with Crippen LogP contribution in [0.3, 0.4) is 0 Å². The molecule has 1 amide bonds. The second-order valence-corrected chi connectivity index (χ2v) is 7.87. The molecule has 2 aliphatic rings. The van der Waals surface area contributed by atoms with E-state index in [1.165, 1.54) is 5.56 Å². The maximum Gasteiger partial charge on any atom is 0.246 e. The lowest BCUT2D eigenvalue weighted by molar-refractivity contribution is -0.122. The number of hydrogen-bond acceptors (Lipinski definition) is 7. The molecule has 28 heavy (non-hydrogen) atoms. The maximum absolute atomic E-state index is 13.0. The van der Waals surface area contributed by atoms with E-state index in [2.05, 4.69) is 21.1 Å². The zero-order chi connectivity index (χ0) is 18.9. The minimum absolute atomic E-state index is 0.0924. The number of carbonyl (C=O) groups is 1. The van der Waals surface area contributed by atoms with Crippen LogP contribution in [0.5, 0.6) is 0 Å². The number of ether oxygens (including phenoxy) is 1. The molecule has 1 aromatic carbocycles. The fraction of sp³-hybridized carbons (Fsp3) is 0.350. The van der Waals surface area contributed by atoms with Crippen molar-refractivity contribution in [3.8, 4) is 10.7 Å². The highest BCUT2D eigenvalue weighted by Crippen LogP contribution is 2.30. The fourth-order valence-corrected chi connectivity index (χ4v) is 4.44. The average Bonchev–Trinajstić information content (AvgIpc) is 3.47. The molecule has 0 aliphatic carbocycles. The minimum Gasteiger partial charge on any atom is -0.378 e. The molecule has 0 bridgehead atoms. The number of fused-ring (bicyclic) bond motifs is 1. The van der Waals surface area contributed by atoms with Gasteiger partial charge in [0.25, 0.3) is 0 Å². The van der Waals surface area contributed by atoms with Gasteiger partial charge in [-0.15, -0.1) is 11.3 Å². The van der Waals surface area contributed by atoms with Crippen LogP contribution >= 0.6 is 11.3 Å². The van der Waals surface area contributed by atoms with E-state index in [9.17, 15) is 4.79 Å². The highest BCUT2D eigenvalue weighted by Gasteiger charge is 2.33. The lowest BCUT2D eigenvalue weighted by Crippen LogP contribution is -2.46. The highest BCUT2D eigenvalue weighted by atomic mass is 32.1. The third-order valence-electron chi connectivity index (χ3n) is 5.23. The Hall–Kier alpha value is -2.55. The van der Waals surface area contributed by atoms with Gasteiger partial charge >= 0.3 is 0 Å². The molecule has 144 valence electrons. The lowest BCUT2D eigenvalue weighted by Gasteiger charge is -2.33. The zero-order valence-corrected chi connectivity index (χ0v) is 16.1. The molecule has 0 saturated carbocycles. The van der Waals surface area contributed by atoms with Gasteiger partial charge in [-0.3, -0.25) is 9.69 Å². The number of nitrogens with zero attached hydrogens (tertiary/aromatic N) is 4. The van der Waals surface area contributed by atoms with Gasteiger partial charge in [0.15, 0.2) is 0 Å². The van der Waals surface area contributed by atoms with Crippen molar-refractivity contribution in [2.75, 3.05) is 37.7 Å². The average molecular weight is 396 g/mol. The Morgan fingerprint density at radius 2 is 2.14 bits per heavy atom. The van der Waals surface area contributed by atoms with Crippen LogP contribution in [0, 0.1) is 0 Å². The molecule has 3 aromatic rings. The number of carbonyl (C=O) groups excluding carboxylic acids is 1. The molecule has 0 N–H and O–H groups in total. The maximum atomic E-state index is 13.0. The smallest absolute Gasteiger partial charge is 0.246 e. The Labute approximate surface area is 166 Å². The highest BCUT2D eigenvalue weighted by molar-refractivity contribution is 7.13. The van der Waals surface area contributed by atoms with Crippen LogP contribution in [0.25, 0.3) is 10.7 Å². The number of amides is 1. The summed E-state index contributed by atoms with van der Waals surface area (Å²) in [6, 6.07) is 11.8. The van der Waals surface area contributed by atoms with E-state index in [0.29, 0.717) is 38.0 Å². The van der Waals surface area contributed by atoms with Gasteiger partial charge in [-0.1, -0.05) is 29.4 Å². The molecular formula is C20H20N4O3S. The van der Waals surface area contributed by atoms with Crippen LogP contribution in [0.1, 0.15) is 17.5 Å². The molecule has 2 aliphatic heterocycles. The van der Waals surface area contributed by atoms with Crippen LogP contribution in [-0.2, 0) is 16.0 Å². The third-order valence-corrected chi connectivity index (χ3v) is 6.10. The summed E-state index contributed by atoms with van der Waals surface area (Å²) in [5.74, 6) is 1.17. The summed E-state index contributed by atoms with van der Waals surface area (Å²) in [6.07, 6.45) is 0.905. The first kappa shape index (κ1) is 17.5. The standard InChI is InChI=1S/C20H20N4O3S/c25-18(24-8-7-14-4-1-2-5-15(14)24)12-23-9-10-26-13-16(23)20-21-19(22-27-20)17-6-3-11-28-17/h1-6,11,16H,7-10,12-13H2. The van der Waals surface area contributed by atoms with Crippen molar-refractivity contribution >= 4 is 22.9 Å². The van der Waals surface area contributed by atoms with Crippen molar-refractivity contribution in [2.45, 2.75) is 12.5 Å². The van der Waals surface area contributed by atoms with E-state index >= 15 is 0 Å². The number of thiophene rings is 1. The van der Waals surface area contributed by atoms with Gasteiger partial charge in [0.2, 0.25) is 17.6 Å². The van der Waals surface area contributed by atoms with Gasteiger partial charge in [-0.2, -0.15) is 4.98 Å². The predicted molar refractivity (Wildman–Crippen MR) is 105 cm³/mol. The van der Waals surface area contributed by atoms with E-state index in [1.807, 2.05) is 40.6 Å². The predicted octanol–water partition coefficient (Wildman–Crippen LogP) is 2.76. The first-order valence-electron chi connectivity index (χ1n) is 9.37. The van der Waals surface area contributed by atoms with Gasteiger partial charge in [0.1, 0.15) is 6.04 Å². The summed E-state index contributed by atoms with van der Waals surface area (Å²) in [4.78, 5) is 22.5. The number of rotatable bonds is 4. The van der Waals surface area contributed by atoms with Crippen LogP contribution in [0.2, 0.25) is 0 Å². The van der Waals surface area contributed by atoms with Crippen LogP contribution in [0.15, 0.2) is 46.3 Å². The minimum atomic E-state index is -0.211. The Kier molecular flexibility index (Phi) is 4.67. The van der Waals surface area contributed by atoms with E-state index in [1.54, 1.807) is 11.3 Å². The number of para-hydroxylation sites is 1. The number of morpholine rings is 1. The SMILES string of the molecule is O=C(CN1CCOCC1c1nc(-c2cccs2)no1)N1CCc2ccccc21. The summed E-state index contributed by atoms with van der Waals surface area (Å²) in [6.45, 7) is 2.72. The monoisotopic (exact) mass is 396 g/mol. The Morgan fingerprint density at radius 1 is 1.21 bits per heavy atom. The molecule has 1 unspecified atom stereocenters. The zero-order valence-electron chi connectivity index (χ0n) is 15.3. The summed E-state index contributed by atoms with van der Waals surface area (Å²) >= 11 is 1.57. The van der Waals surface area contributed by atoms with Crippen LogP contribution in [-0.4, -0.2) is 53.8 Å². The summed E-state index contributed by atoms with van der Waals surface area (Å²) in [7, 11) is 0. The molecule has 8 heteroatoms. The van der Waals surface area contributed by atoms with Crippen LogP contribution < -0.4 is 4.90 Å². The van der Waals surface area contributed by atoms with Crippen molar-refractivity contribution in [3.05, 3.63) is 53.2 Å². The van der Waals surface area contributed by atoms with Crippen molar-refractivity contribution < 1.29 is 14.1 Å². The molecule has 2 aromatic heterocycles. The van der Waals surface area contributed by atoms with Gasteiger partial charge in [-0.05, 0) is 29.5 Å². The van der Waals surface area contributed by atoms with Crippen molar-refractivity contribution in [1.82, 2.24) is 15.0 Å². The summed E-state index contributed by atoms with van der Waals surface area (Å²) < 4.78 is 11.2. The van der Waals surface area contributed by atoms with Gasteiger partial charge in [0.05, 0.1) is 24.6 Å². The number of hydrogen-bond donors (Lipinski definition) is 0. The van der Waals surface area contributed by atoms with Crippen molar-refractivity contribution in [1.29, 1.82) is 0 Å².